The molecule has 1 amide bonds. The number of aromatic amines is 1. The van der Waals surface area contributed by atoms with Crippen LogP contribution in [-0.4, -0.2) is 36.7 Å². The maximum absolute atomic E-state index is 13.1. The summed E-state index contributed by atoms with van der Waals surface area (Å²) in [5, 5.41) is 6.64. The summed E-state index contributed by atoms with van der Waals surface area (Å²) in [6, 6.07) is 5.96. The van der Waals surface area contributed by atoms with E-state index in [4.69, 9.17) is 9.26 Å². The Kier molecular flexibility index (Phi) is 7.25. The van der Waals surface area contributed by atoms with Crippen molar-refractivity contribution >= 4 is 17.1 Å². The number of amides is 1. The van der Waals surface area contributed by atoms with Crippen LogP contribution in [0.25, 0.3) is 22.7 Å². The van der Waals surface area contributed by atoms with E-state index in [1.54, 1.807) is 0 Å². The third kappa shape index (κ3) is 5.12. The van der Waals surface area contributed by atoms with Crippen molar-refractivity contribution in [2.45, 2.75) is 58.5 Å². The number of halogens is 3. The zero-order valence-electron chi connectivity index (χ0n) is 21.7. The average molecular weight is 561 g/mol. The summed E-state index contributed by atoms with van der Waals surface area (Å²) in [4.78, 5) is 45.2. The summed E-state index contributed by atoms with van der Waals surface area (Å²) < 4.78 is 53.3. The van der Waals surface area contributed by atoms with Crippen LogP contribution in [0.4, 0.5) is 13.2 Å². The summed E-state index contributed by atoms with van der Waals surface area (Å²) >= 11 is 0. The molecule has 0 saturated carbocycles. The molecule has 1 saturated heterocycles. The van der Waals surface area contributed by atoms with Crippen LogP contribution < -0.4 is 21.3 Å². The molecule has 40 heavy (non-hydrogen) atoms. The number of fused-ring (bicyclic) bond motifs is 1. The number of H-pyrrole nitrogens is 1. The Bertz CT molecular complexity index is 1650. The first-order valence-electron chi connectivity index (χ1n) is 12.9. The van der Waals surface area contributed by atoms with Crippen molar-refractivity contribution in [1.82, 2.24) is 29.6 Å². The minimum Gasteiger partial charge on any atom is -0.467 e. The molecule has 2 N–H and O–H groups in total. The molecule has 11 nitrogen and oxygen atoms in total. The van der Waals surface area contributed by atoms with Crippen molar-refractivity contribution in [1.29, 1.82) is 0 Å². The molecule has 4 aromatic rings. The molecule has 2 atom stereocenters. The molecule has 3 aromatic heterocycles. The van der Waals surface area contributed by atoms with Crippen molar-refractivity contribution in [3.63, 3.8) is 0 Å². The molecular weight excluding hydrogens is 533 g/mol. The van der Waals surface area contributed by atoms with Crippen LogP contribution in [0.3, 0.4) is 0 Å². The van der Waals surface area contributed by atoms with Crippen LogP contribution in [0.1, 0.15) is 50.3 Å². The largest absolute Gasteiger partial charge is 0.467 e. The highest BCUT2D eigenvalue weighted by Gasteiger charge is 2.35. The normalized spacial score (nSPS) is 16.4. The molecule has 0 radical (unpaired) electrons. The second-order valence-corrected chi connectivity index (χ2v) is 9.63. The molecule has 0 spiro atoms. The van der Waals surface area contributed by atoms with Gasteiger partial charge in [0.05, 0.1) is 11.6 Å². The van der Waals surface area contributed by atoms with Crippen LogP contribution in [-0.2, 0) is 24.1 Å². The molecule has 1 aliphatic heterocycles. The predicted molar refractivity (Wildman–Crippen MR) is 137 cm³/mol. The fourth-order valence-corrected chi connectivity index (χ4v) is 4.83. The Morgan fingerprint density at radius 2 is 1.80 bits per heavy atom. The lowest BCUT2D eigenvalue weighted by Gasteiger charge is -2.23. The van der Waals surface area contributed by atoms with Crippen molar-refractivity contribution in [3.8, 4) is 17.5 Å². The second kappa shape index (κ2) is 10.7. The zero-order valence-corrected chi connectivity index (χ0v) is 21.7. The Labute approximate surface area is 224 Å². The minimum absolute atomic E-state index is 0.00838. The number of aryl methyl sites for hydroxylation is 1. The van der Waals surface area contributed by atoms with Gasteiger partial charge in [0.15, 0.2) is 17.0 Å². The molecule has 5 rings (SSSR count). The monoisotopic (exact) mass is 560 g/mol. The maximum Gasteiger partial charge on any atom is 0.416 e. The Balaban J connectivity index is 1.48. The van der Waals surface area contributed by atoms with E-state index in [9.17, 15) is 27.6 Å². The van der Waals surface area contributed by atoms with Gasteiger partial charge in [-0.3, -0.25) is 18.7 Å². The van der Waals surface area contributed by atoms with Gasteiger partial charge in [-0.1, -0.05) is 26.0 Å². The van der Waals surface area contributed by atoms with Gasteiger partial charge in [-0.15, -0.1) is 0 Å². The predicted octanol–water partition coefficient (Wildman–Crippen LogP) is 3.64. The van der Waals surface area contributed by atoms with Gasteiger partial charge in [0, 0.05) is 32.0 Å². The molecule has 212 valence electrons. The number of carbonyl (C=O) groups excluding carboxylic acids is 1. The number of nitrogens with zero attached hydrogens (tertiary/aromatic N) is 4. The van der Waals surface area contributed by atoms with Gasteiger partial charge in [0.25, 0.3) is 11.4 Å². The lowest BCUT2D eigenvalue weighted by molar-refractivity contribution is -0.137. The maximum atomic E-state index is 13.1. The van der Waals surface area contributed by atoms with Crippen LogP contribution in [0.2, 0.25) is 0 Å². The van der Waals surface area contributed by atoms with E-state index >= 15 is 0 Å². The fraction of sp³-hybridized carbons (Fsp3) is 0.423. The first kappa shape index (κ1) is 27.2. The SMILES string of the molecule is CCCn1c(=O)c2[nH]c(-c3cc(OC(c4ccc(C(F)(F)F)cc4)C4CNC(=O)C4)no3)nc2n(CCC)c1=O. The lowest BCUT2D eigenvalue weighted by Crippen LogP contribution is -2.40. The van der Waals surface area contributed by atoms with E-state index in [0.29, 0.717) is 24.9 Å². The molecule has 4 heterocycles. The summed E-state index contributed by atoms with van der Waals surface area (Å²) in [5.41, 5.74) is -0.971. The highest BCUT2D eigenvalue weighted by Crippen LogP contribution is 2.35. The van der Waals surface area contributed by atoms with E-state index in [-0.39, 0.29) is 60.0 Å². The van der Waals surface area contributed by atoms with Crippen LogP contribution in [0, 0.1) is 5.92 Å². The van der Waals surface area contributed by atoms with E-state index in [0.717, 1.165) is 12.1 Å². The third-order valence-corrected chi connectivity index (χ3v) is 6.73. The quantitative estimate of drug-likeness (QED) is 0.319. The zero-order chi connectivity index (χ0) is 28.6. The number of hydrogen-bond donors (Lipinski definition) is 2. The van der Waals surface area contributed by atoms with Gasteiger partial charge in [-0.2, -0.15) is 13.2 Å². The molecular formula is C26H27F3N6O5. The van der Waals surface area contributed by atoms with Crippen molar-refractivity contribution < 1.29 is 27.2 Å². The molecule has 0 aliphatic carbocycles. The van der Waals surface area contributed by atoms with Gasteiger partial charge in [-0.05, 0) is 35.7 Å². The standard InChI is InChI=1S/C26H27F3N6O5/c1-3-9-34-23-20(24(37)35(10-4-2)25(34)38)31-22(32-23)17-12-19(33-40-17)39-21(15-11-18(36)30-13-15)14-5-7-16(8-6-14)26(27,28)29/h5-8,12,15,21H,3-4,9-11,13H2,1-2H3,(H,30,36)(H,31,32). The number of benzene rings is 1. The number of aromatic nitrogens is 5. The van der Waals surface area contributed by atoms with E-state index in [2.05, 4.69) is 20.4 Å². The topological polar surface area (TPSA) is 137 Å². The van der Waals surface area contributed by atoms with Crippen molar-refractivity contribution in [3.05, 3.63) is 62.3 Å². The van der Waals surface area contributed by atoms with Gasteiger partial charge in [0.2, 0.25) is 11.7 Å². The van der Waals surface area contributed by atoms with E-state index in [1.165, 1.54) is 27.3 Å². The Morgan fingerprint density at radius 3 is 2.42 bits per heavy atom. The van der Waals surface area contributed by atoms with E-state index < -0.39 is 29.1 Å². The smallest absolute Gasteiger partial charge is 0.416 e. The molecule has 1 fully saturated rings. The summed E-state index contributed by atoms with van der Waals surface area (Å²) in [5.74, 6) is -0.280. The second-order valence-electron chi connectivity index (χ2n) is 9.63. The van der Waals surface area contributed by atoms with Gasteiger partial charge >= 0.3 is 11.9 Å². The number of carbonyl (C=O) groups is 1. The number of imidazole rings is 1. The molecule has 1 aromatic carbocycles. The molecule has 0 bridgehead atoms. The number of ether oxygens (including phenoxy) is 1. The first-order chi connectivity index (χ1) is 19.1. The Morgan fingerprint density at radius 1 is 1.10 bits per heavy atom. The van der Waals surface area contributed by atoms with Crippen molar-refractivity contribution in [2.75, 3.05) is 6.54 Å². The van der Waals surface area contributed by atoms with E-state index in [1.807, 2.05) is 13.8 Å². The minimum atomic E-state index is -4.49. The number of hydrogen-bond acceptors (Lipinski definition) is 7. The summed E-state index contributed by atoms with van der Waals surface area (Å²) in [6.07, 6.45) is -3.93. The third-order valence-electron chi connectivity index (χ3n) is 6.73. The molecule has 2 unspecified atom stereocenters. The summed E-state index contributed by atoms with van der Waals surface area (Å²) in [6.45, 7) is 4.66. The van der Waals surface area contributed by atoms with Gasteiger partial charge < -0.3 is 19.6 Å². The number of rotatable bonds is 9. The highest BCUT2D eigenvalue weighted by molar-refractivity contribution is 5.78. The number of alkyl halides is 3. The molecule has 1 aliphatic rings. The first-order valence-corrected chi connectivity index (χ1v) is 12.9. The van der Waals surface area contributed by atoms with Crippen LogP contribution >= 0.6 is 0 Å². The van der Waals surface area contributed by atoms with Gasteiger partial charge in [0.1, 0.15) is 6.10 Å². The number of nitrogens with one attached hydrogen (secondary N) is 2. The molecule has 14 heteroatoms. The fourth-order valence-electron chi connectivity index (χ4n) is 4.83. The summed E-state index contributed by atoms with van der Waals surface area (Å²) in [7, 11) is 0. The van der Waals surface area contributed by atoms with Crippen LogP contribution in [0.15, 0.2) is 44.4 Å². The van der Waals surface area contributed by atoms with Crippen molar-refractivity contribution in [2.24, 2.45) is 5.92 Å². The average Bonchev–Trinajstić information content (AvgIpc) is 3.67. The Hall–Kier alpha value is -4.36. The highest BCUT2D eigenvalue weighted by atomic mass is 19.4. The van der Waals surface area contributed by atoms with Gasteiger partial charge in [-0.25, -0.2) is 9.78 Å². The lowest BCUT2D eigenvalue weighted by atomic mass is 9.94. The van der Waals surface area contributed by atoms with Crippen LogP contribution in [0.5, 0.6) is 5.88 Å².